The molecule has 0 heterocycles. The fourth-order valence-corrected chi connectivity index (χ4v) is 5.97. The standard InChI is InChI=1S/C34H31N3/c1-24-19-30(37(28-11-7-5-8-12-28)29-13-9-6-10-14-29)16-17-31(24)25-15-18-32-26(20-25)21-27(22-34(32,2)3)33(23-35)36-4/h5-14,16-17,19-21,32H,15,18,22H2,1-3H3. The lowest BCUT2D eigenvalue weighted by atomic mass is 9.62. The second-order valence-electron chi connectivity index (χ2n) is 10.7. The molecule has 1 atom stereocenters. The molecule has 37 heavy (non-hydrogen) atoms. The Labute approximate surface area is 220 Å². The molecule has 0 saturated heterocycles. The molecule has 0 bridgehead atoms. The van der Waals surface area contributed by atoms with Crippen LogP contribution in [0.2, 0.25) is 0 Å². The minimum Gasteiger partial charge on any atom is -0.310 e. The van der Waals surface area contributed by atoms with E-state index >= 15 is 0 Å². The van der Waals surface area contributed by atoms with E-state index in [9.17, 15) is 5.26 Å². The maximum absolute atomic E-state index is 9.48. The Morgan fingerprint density at radius 1 is 0.946 bits per heavy atom. The molecule has 3 nitrogen and oxygen atoms in total. The summed E-state index contributed by atoms with van der Waals surface area (Å²) in [6.07, 6.45) is 7.32. The summed E-state index contributed by atoms with van der Waals surface area (Å²) < 4.78 is 0. The van der Waals surface area contributed by atoms with Crippen molar-refractivity contribution in [1.82, 2.24) is 0 Å². The van der Waals surface area contributed by atoms with Gasteiger partial charge in [0.2, 0.25) is 0 Å². The average molecular weight is 482 g/mol. The molecule has 182 valence electrons. The lowest BCUT2D eigenvalue weighted by Crippen LogP contribution is -2.31. The van der Waals surface area contributed by atoms with E-state index in [0.717, 1.165) is 41.9 Å². The third-order valence-electron chi connectivity index (χ3n) is 7.74. The fraction of sp³-hybridized carbons (Fsp3) is 0.235. The first kappa shape index (κ1) is 24.4. The Balaban J connectivity index is 1.55. The van der Waals surface area contributed by atoms with E-state index in [0.29, 0.717) is 5.92 Å². The Morgan fingerprint density at radius 2 is 1.59 bits per heavy atom. The molecule has 3 aromatic rings. The van der Waals surface area contributed by atoms with Crippen molar-refractivity contribution in [3.8, 4) is 6.07 Å². The van der Waals surface area contributed by atoms with Crippen LogP contribution in [0.25, 0.3) is 10.4 Å². The molecule has 0 radical (unpaired) electrons. The summed E-state index contributed by atoms with van der Waals surface area (Å²) in [5.74, 6) is 0.442. The number of allylic oxidation sites excluding steroid dienone is 6. The number of para-hydroxylation sites is 2. The third-order valence-corrected chi connectivity index (χ3v) is 7.74. The second kappa shape index (κ2) is 9.96. The normalized spacial score (nSPS) is 19.4. The fourth-order valence-electron chi connectivity index (χ4n) is 5.97. The minimum atomic E-state index is 0.0268. The van der Waals surface area contributed by atoms with Crippen LogP contribution < -0.4 is 4.90 Å². The van der Waals surface area contributed by atoms with Crippen molar-refractivity contribution in [2.75, 3.05) is 4.90 Å². The summed E-state index contributed by atoms with van der Waals surface area (Å²) in [7, 11) is 0. The third kappa shape index (κ3) is 4.74. The Bertz CT molecular complexity index is 1440. The molecule has 2 aliphatic rings. The zero-order chi connectivity index (χ0) is 26.0. The van der Waals surface area contributed by atoms with E-state index < -0.39 is 0 Å². The smallest absolute Gasteiger partial charge is 0.265 e. The minimum absolute atomic E-state index is 0.0268. The summed E-state index contributed by atoms with van der Waals surface area (Å²) in [4.78, 5) is 5.79. The lowest BCUT2D eigenvalue weighted by Gasteiger charge is -2.42. The van der Waals surface area contributed by atoms with Crippen molar-refractivity contribution in [3.63, 3.8) is 0 Å². The molecule has 5 rings (SSSR count). The number of nitrogens with zero attached hydrogens (tertiary/aromatic N) is 3. The highest BCUT2D eigenvalue weighted by Crippen LogP contribution is 2.50. The number of benzene rings is 3. The van der Waals surface area contributed by atoms with Gasteiger partial charge in [-0.3, -0.25) is 0 Å². The monoisotopic (exact) mass is 481 g/mol. The highest BCUT2D eigenvalue weighted by atomic mass is 15.1. The number of anilines is 3. The van der Waals surface area contributed by atoms with Crippen molar-refractivity contribution in [2.45, 2.75) is 40.0 Å². The van der Waals surface area contributed by atoms with Crippen LogP contribution in [0.1, 0.15) is 44.2 Å². The van der Waals surface area contributed by atoms with Gasteiger partial charge in [0.1, 0.15) is 0 Å². The molecular weight excluding hydrogens is 450 g/mol. The van der Waals surface area contributed by atoms with Crippen molar-refractivity contribution in [1.29, 1.82) is 5.26 Å². The van der Waals surface area contributed by atoms with Crippen LogP contribution in [0.5, 0.6) is 0 Å². The average Bonchev–Trinajstić information content (AvgIpc) is 2.90. The molecule has 0 amide bonds. The molecule has 3 aromatic carbocycles. The molecule has 1 unspecified atom stereocenters. The van der Waals surface area contributed by atoms with Gasteiger partial charge in [0, 0.05) is 17.1 Å². The van der Waals surface area contributed by atoms with Crippen LogP contribution in [0, 0.1) is 36.2 Å². The van der Waals surface area contributed by atoms with E-state index in [-0.39, 0.29) is 11.1 Å². The largest absolute Gasteiger partial charge is 0.310 e. The van der Waals surface area contributed by atoms with Gasteiger partial charge >= 0.3 is 0 Å². The molecule has 0 spiro atoms. The summed E-state index contributed by atoms with van der Waals surface area (Å²) in [5, 5.41) is 9.48. The second-order valence-corrected chi connectivity index (χ2v) is 10.7. The van der Waals surface area contributed by atoms with Gasteiger partial charge in [0.25, 0.3) is 5.70 Å². The van der Waals surface area contributed by atoms with Crippen LogP contribution in [-0.2, 0) is 0 Å². The van der Waals surface area contributed by atoms with Crippen molar-refractivity contribution < 1.29 is 0 Å². The van der Waals surface area contributed by atoms with Crippen molar-refractivity contribution >= 4 is 22.6 Å². The molecule has 0 aromatic heterocycles. The van der Waals surface area contributed by atoms with Crippen LogP contribution >= 0.6 is 0 Å². The van der Waals surface area contributed by atoms with Crippen LogP contribution in [0.4, 0.5) is 17.1 Å². The SMILES string of the molecule is [C-]#[N+]C(C#N)=C1C=C2C=C(c3ccc(N(c4ccccc4)c4ccccc4)cc3C)CCC2C(C)(C)C1. The molecule has 2 aliphatic carbocycles. The van der Waals surface area contributed by atoms with Gasteiger partial charge in [-0.15, -0.1) is 0 Å². The summed E-state index contributed by atoms with van der Waals surface area (Å²) in [5.41, 5.74) is 9.60. The number of hydrogen-bond donors (Lipinski definition) is 0. The summed E-state index contributed by atoms with van der Waals surface area (Å²) in [6.45, 7) is 14.2. The molecule has 3 heteroatoms. The summed E-state index contributed by atoms with van der Waals surface area (Å²) in [6, 6.07) is 29.8. The van der Waals surface area contributed by atoms with E-state index in [4.69, 9.17) is 6.57 Å². The van der Waals surface area contributed by atoms with E-state index in [1.807, 2.05) is 12.1 Å². The predicted octanol–water partition coefficient (Wildman–Crippen LogP) is 9.31. The first-order chi connectivity index (χ1) is 17.9. The maximum Gasteiger partial charge on any atom is 0.265 e. The topological polar surface area (TPSA) is 31.4 Å². The van der Waals surface area contributed by atoms with Crippen LogP contribution in [0.15, 0.2) is 108 Å². The lowest BCUT2D eigenvalue weighted by molar-refractivity contribution is 0.227. The number of fused-ring (bicyclic) bond motifs is 1. The zero-order valence-electron chi connectivity index (χ0n) is 21.7. The van der Waals surface area contributed by atoms with Gasteiger partial charge in [-0.25, -0.2) is 10.1 Å². The number of nitriles is 1. The van der Waals surface area contributed by atoms with E-state index in [2.05, 4.69) is 115 Å². The van der Waals surface area contributed by atoms with Crippen molar-refractivity contribution in [2.24, 2.45) is 11.3 Å². The van der Waals surface area contributed by atoms with Gasteiger partial charge in [-0.1, -0.05) is 68.5 Å². The summed E-state index contributed by atoms with van der Waals surface area (Å²) >= 11 is 0. The molecule has 0 saturated carbocycles. The first-order valence-electron chi connectivity index (χ1n) is 12.9. The van der Waals surface area contributed by atoms with Crippen LogP contribution in [0.3, 0.4) is 0 Å². The Hall–Kier alpha value is -4.34. The number of aryl methyl sites for hydroxylation is 1. The van der Waals surface area contributed by atoms with Gasteiger partial charge in [0.05, 0.1) is 12.6 Å². The highest BCUT2D eigenvalue weighted by molar-refractivity contribution is 5.80. The predicted molar refractivity (Wildman–Crippen MR) is 152 cm³/mol. The highest BCUT2D eigenvalue weighted by Gasteiger charge is 2.38. The zero-order valence-corrected chi connectivity index (χ0v) is 21.7. The number of rotatable bonds is 4. The van der Waals surface area contributed by atoms with Gasteiger partial charge in [0.15, 0.2) is 0 Å². The maximum atomic E-state index is 9.48. The van der Waals surface area contributed by atoms with Gasteiger partial charge < -0.3 is 4.90 Å². The Kier molecular flexibility index (Phi) is 6.56. The molecule has 0 aliphatic heterocycles. The van der Waals surface area contributed by atoms with Gasteiger partial charge in [-0.05, 0) is 102 Å². The molecule has 0 fully saturated rings. The van der Waals surface area contributed by atoms with E-state index in [1.54, 1.807) is 0 Å². The Morgan fingerprint density at radius 3 is 2.16 bits per heavy atom. The number of hydrogen-bond acceptors (Lipinski definition) is 2. The quantitative estimate of drug-likeness (QED) is 0.275. The van der Waals surface area contributed by atoms with E-state index in [1.165, 1.54) is 22.3 Å². The van der Waals surface area contributed by atoms with Gasteiger partial charge in [-0.2, -0.15) is 0 Å². The molecular formula is C34H31N3. The van der Waals surface area contributed by atoms with Crippen molar-refractivity contribution in [3.05, 3.63) is 130 Å². The first-order valence-corrected chi connectivity index (χ1v) is 12.9. The molecule has 0 N–H and O–H groups in total. The van der Waals surface area contributed by atoms with Crippen LogP contribution in [-0.4, -0.2) is 0 Å².